The highest BCUT2D eigenvalue weighted by Gasteiger charge is 2.27. The third-order valence-corrected chi connectivity index (χ3v) is 6.69. The maximum atomic E-state index is 13.3. The standard InChI is InChI=1S/C28H24N4O3/c1-35-19-12-10-18(11-13-19)16-29-25(33)17-32-24-9-5-3-6-20(24)21-14-15-31-27(26(21)32)30-23-8-4-2-7-22(23)28(31)34/h2-13H,14-17H2,1H3,(H,29,33). The zero-order valence-corrected chi connectivity index (χ0v) is 19.3. The number of ether oxygens (including phenoxy) is 1. The summed E-state index contributed by atoms with van der Waals surface area (Å²) in [5.41, 5.74) is 4.55. The third-order valence-electron chi connectivity index (χ3n) is 6.69. The van der Waals surface area contributed by atoms with Crippen LogP contribution < -0.4 is 15.6 Å². The number of nitrogens with zero attached hydrogens (tertiary/aromatic N) is 3. The molecule has 5 aromatic rings. The van der Waals surface area contributed by atoms with Gasteiger partial charge in [0.25, 0.3) is 5.56 Å². The molecule has 1 aliphatic rings. The SMILES string of the molecule is COc1ccc(CNC(=O)Cn2c3c(c4ccccc42)CCn2c-3nc3ccccc3c2=O)cc1. The zero-order chi connectivity index (χ0) is 23.9. The number of benzene rings is 3. The highest BCUT2D eigenvalue weighted by Crippen LogP contribution is 2.36. The molecule has 7 heteroatoms. The van der Waals surface area contributed by atoms with Crippen LogP contribution >= 0.6 is 0 Å². The molecule has 174 valence electrons. The number of fused-ring (bicyclic) bond motifs is 6. The van der Waals surface area contributed by atoms with E-state index in [9.17, 15) is 9.59 Å². The Labute approximate surface area is 201 Å². The maximum absolute atomic E-state index is 13.3. The summed E-state index contributed by atoms with van der Waals surface area (Å²) < 4.78 is 8.95. The number of amides is 1. The van der Waals surface area contributed by atoms with E-state index in [1.807, 2.05) is 71.3 Å². The molecule has 2 aromatic heterocycles. The fraction of sp³-hybridized carbons (Fsp3) is 0.179. The van der Waals surface area contributed by atoms with Crippen molar-refractivity contribution in [1.29, 1.82) is 0 Å². The van der Waals surface area contributed by atoms with Crippen LogP contribution in [0.2, 0.25) is 0 Å². The lowest BCUT2D eigenvalue weighted by Crippen LogP contribution is -2.30. The number of aromatic nitrogens is 3. The van der Waals surface area contributed by atoms with Gasteiger partial charge in [-0.05, 0) is 47.9 Å². The van der Waals surface area contributed by atoms with Crippen molar-refractivity contribution in [3.05, 3.63) is 94.3 Å². The van der Waals surface area contributed by atoms with Crippen LogP contribution in [0.1, 0.15) is 11.1 Å². The lowest BCUT2D eigenvalue weighted by Gasteiger charge is -2.21. The summed E-state index contributed by atoms with van der Waals surface area (Å²) in [5.74, 6) is 1.29. The molecule has 0 spiro atoms. The summed E-state index contributed by atoms with van der Waals surface area (Å²) in [6, 6.07) is 23.1. The fourth-order valence-corrected chi connectivity index (χ4v) is 4.97. The van der Waals surface area contributed by atoms with Crippen molar-refractivity contribution in [3.8, 4) is 17.3 Å². The minimum absolute atomic E-state index is 0.0444. The molecule has 0 atom stereocenters. The van der Waals surface area contributed by atoms with Crippen molar-refractivity contribution in [2.45, 2.75) is 26.1 Å². The van der Waals surface area contributed by atoms with Crippen LogP contribution in [-0.2, 0) is 30.8 Å². The average Bonchev–Trinajstić information content (AvgIpc) is 3.22. The van der Waals surface area contributed by atoms with E-state index in [0.717, 1.165) is 33.5 Å². The summed E-state index contributed by atoms with van der Waals surface area (Å²) in [7, 11) is 1.63. The Bertz CT molecular complexity index is 1650. The van der Waals surface area contributed by atoms with Gasteiger partial charge in [-0.15, -0.1) is 0 Å². The molecule has 0 bridgehead atoms. The van der Waals surface area contributed by atoms with Crippen molar-refractivity contribution >= 4 is 27.7 Å². The van der Waals surface area contributed by atoms with E-state index in [1.165, 1.54) is 0 Å². The number of rotatable bonds is 5. The largest absolute Gasteiger partial charge is 0.497 e. The van der Waals surface area contributed by atoms with Crippen LogP contribution in [0, 0.1) is 0 Å². The second kappa shape index (κ2) is 8.43. The molecular weight excluding hydrogens is 440 g/mol. The molecule has 3 heterocycles. The van der Waals surface area contributed by atoms with Crippen LogP contribution in [0.25, 0.3) is 33.3 Å². The van der Waals surface area contributed by atoms with Crippen molar-refractivity contribution in [2.24, 2.45) is 0 Å². The average molecular weight is 465 g/mol. The van der Waals surface area contributed by atoms with E-state index in [0.29, 0.717) is 36.2 Å². The Morgan fingerprint density at radius 1 is 1.00 bits per heavy atom. The normalized spacial score (nSPS) is 12.4. The first kappa shape index (κ1) is 21.2. The zero-order valence-electron chi connectivity index (χ0n) is 19.3. The number of para-hydroxylation sites is 2. The number of hydrogen-bond donors (Lipinski definition) is 1. The molecule has 0 fully saturated rings. The molecule has 0 radical (unpaired) electrons. The maximum Gasteiger partial charge on any atom is 0.261 e. The van der Waals surface area contributed by atoms with Gasteiger partial charge >= 0.3 is 0 Å². The first-order valence-corrected chi connectivity index (χ1v) is 11.6. The van der Waals surface area contributed by atoms with Crippen LogP contribution in [0.3, 0.4) is 0 Å². The minimum atomic E-state index is -0.107. The first-order chi connectivity index (χ1) is 17.1. The second-order valence-electron chi connectivity index (χ2n) is 8.71. The number of carbonyl (C=O) groups is 1. The van der Waals surface area contributed by atoms with Crippen molar-refractivity contribution in [3.63, 3.8) is 0 Å². The molecule has 1 amide bonds. The van der Waals surface area contributed by atoms with Crippen molar-refractivity contribution in [1.82, 2.24) is 19.4 Å². The number of methoxy groups -OCH3 is 1. The second-order valence-corrected chi connectivity index (χ2v) is 8.71. The van der Waals surface area contributed by atoms with E-state index in [4.69, 9.17) is 9.72 Å². The summed E-state index contributed by atoms with van der Waals surface area (Å²) >= 11 is 0. The van der Waals surface area contributed by atoms with E-state index in [-0.39, 0.29) is 18.0 Å². The van der Waals surface area contributed by atoms with Gasteiger partial charge in [-0.2, -0.15) is 0 Å². The lowest BCUT2D eigenvalue weighted by atomic mass is 10.0. The highest BCUT2D eigenvalue weighted by atomic mass is 16.5. The van der Waals surface area contributed by atoms with Crippen LogP contribution in [-0.4, -0.2) is 27.1 Å². The van der Waals surface area contributed by atoms with Crippen molar-refractivity contribution < 1.29 is 9.53 Å². The first-order valence-electron chi connectivity index (χ1n) is 11.6. The Morgan fingerprint density at radius 3 is 2.54 bits per heavy atom. The molecule has 0 aliphatic carbocycles. The molecule has 7 nitrogen and oxygen atoms in total. The van der Waals surface area contributed by atoms with Gasteiger partial charge in [0.05, 0.1) is 23.7 Å². The van der Waals surface area contributed by atoms with E-state index < -0.39 is 0 Å². The predicted octanol–water partition coefficient (Wildman–Crippen LogP) is 3.90. The van der Waals surface area contributed by atoms with E-state index in [1.54, 1.807) is 11.7 Å². The van der Waals surface area contributed by atoms with Crippen LogP contribution in [0.5, 0.6) is 5.75 Å². The Morgan fingerprint density at radius 2 is 1.74 bits per heavy atom. The summed E-state index contributed by atoms with van der Waals surface area (Å²) in [4.78, 5) is 31.2. The fourth-order valence-electron chi connectivity index (χ4n) is 4.97. The molecule has 6 rings (SSSR count). The molecule has 1 aliphatic heterocycles. The van der Waals surface area contributed by atoms with Crippen LogP contribution in [0.15, 0.2) is 77.6 Å². The topological polar surface area (TPSA) is 78.2 Å². The summed E-state index contributed by atoms with van der Waals surface area (Å²) in [6.45, 7) is 1.12. The van der Waals surface area contributed by atoms with E-state index >= 15 is 0 Å². The molecule has 0 unspecified atom stereocenters. The monoisotopic (exact) mass is 464 g/mol. The minimum Gasteiger partial charge on any atom is -0.497 e. The molecule has 0 saturated carbocycles. The van der Waals surface area contributed by atoms with Gasteiger partial charge in [0, 0.05) is 24.0 Å². The molecule has 1 N–H and O–H groups in total. The molecular formula is C28H24N4O3. The highest BCUT2D eigenvalue weighted by molar-refractivity contribution is 5.93. The lowest BCUT2D eigenvalue weighted by molar-refractivity contribution is -0.121. The number of nitrogens with one attached hydrogen (secondary N) is 1. The van der Waals surface area contributed by atoms with Crippen molar-refractivity contribution in [2.75, 3.05) is 7.11 Å². The van der Waals surface area contributed by atoms with Gasteiger partial charge in [-0.1, -0.05) is 42.5 Å². The Kier molecular flexibility index (Phi) is 5.10. The predicted molar refractivity (Wildman–Crippen MR) is 135 cm³/mol. The van der Waals surface area contributed by atoms with Gasteiger partial charge in [-0.3, -0.25) is 14.2 Å². The molecule has 3 aromatic carbocycles. The molecule has 35 heavy (non-hydrogen) atoms. The van der Waals surface area contributed by atoms with Crippen LogP contribution in [0.4, 0.5) is 0 Å². The van der Waals surface area contributed by atoms with Gasteiger partial charge in [0.15, 0.2) is 5.82 Å². The van der Waals surface area contributed by atoms with Gasteiger partial charge in [0.1, 0.15) is 12.3 Å². The van der Waals surface area contributed by atoms with Gasteiger partial charge < -0.3 is 14.6 Å². The summed E-state index contributed by atoms with van der Waals surface area (Å²) in [5, 5.41) is 4.73. The number of carbonyl (C=O) groups excluding carboxylic acids is 1. The van der Waals surface area contributed by atoms with Gasteiger partial charge in [0.2, 0.25) is 5.91 Å². The summed E-state index contributed by atoms with van der Waals surface area (Å²) in [6.07, 6.45) is 0.712. The van der Waals surface area contributed by atoms with E-state index in [2.05, 4.69) is 11.4 Å². The Hall–Kier alpha value is -4.39. The number of aryl methyl sites for hydroxylation is 1. The Balaban J connectivity index is 1.40. The number of hydrogen-bond acceptors (Lipinski definition) is 4. The van der Waals surface area contributed by atoms with Gasteiger partial charge in [-0.25, -0.2) is 4.98 Å². The molecule has 0 saturated heterocycles. The quantitative estimate of drug-likeness (QED) is 0.428. The smallest absolute Gasteiger partial charge is 0.261 e. The third kappa shape index (κ3) is 3.56.